The molecule has 0 saturated heterocycles. The summed E-state index contributed by atoms with van der Waals surface area (Å²) in [4.78, 5) is 10.4. The Balaban J connectivity index is 3.15. The van der Waals surface area contributed by atoms with Gasteiger partial charge in [0.05, 0.1) is 10.6 Å². The van der Waals surface area contributed by atoms with Crippen LogP contribution in [0.15, 0.2) is 16.6 Å². The number of halogens is 2. The lowest BCUT2D eigenvalue weighted by Crippen LogP contribution is -2.09. The number of carbonyl (C=O) groups excluding carboxylic acids is 1. The molecule has 0 atom stereocenters. The Morgan fingerprint density at radius 1 is 1.53 bits per heavy atom. The van der Waals surface area contributed by atoms with Crippen LogP contribution in [0.2, 0.25) is 0 Å². The first kappa shape index (κ1) is 12.2. The molecule has 15 heavy (non-hydrogen) atoms. The highest BCUT2D eigenvalue weighted by atomic mass is 79.9. The Kier molecular flexibility index (Phi) is 4.27. The van der Waals surface area contributed by atoms with Gasteiger partial charge in [0.15, 0.2) is 0 Å². The first-order chi connectivity index (χ1) is 7.06. The van der Waals surface area contributed by atoms with Gasteiger partial charge in [-0.2, -0.15) is 0 Å². The second-order valence-electron chi connectivity index (χ2n) is 3.39. The van der Waals surface area contributed by atoms with E-state index in [0.29, 0.717) is 11.3 Å². The number of hydrogen-bond donors (Lipinski definition) is 0. The first-order valence-corrected chi connectivity index (χ1v) is 5.42. The average Bonchev–Trinajstić information content (AvgIpc) is 2.17. The van der Waals surface area contributed by atoms with Gasteiger partial charge in [0.1, 0.15) is 17.9 Å². The predicted octanol–water partition coefficient (Wildman–Crippen LogP) is 3.12. The fourth-order valence-electron chi connectivity index (χ4n) is 1.19. The van der Waals surface area contributed by atoms with Gasteiger partial charge in [-0.3, -0.25) is 0 Å². The van der Waals surface area contributed by atoms with E-state index in [1.807, 2.05) is 13.8 Å². The Morgan fingerprint density at radius 3 is 2.73 bits per heavy atom. The zero-order chi connectivity index (χ0) is 11.4. The van der Waals surface area contributed by atoms with Crippen LogP contribution < -0.4 is 4.74 Å². The highest BCUT2D eigenvalue weighted by Gasteiger charge is 2.13. The van der Waals surface area contributed by atoms with Gasteiger partial charge in [0, 0.05) is 12.0 Å². The maximum atomic E-state index is 13.2. The lowest BCUT2D eigenvalue weighted by atomic mass is 10.1. The molecule has 0 fully saturated rings. The van der Waals surface area contributed by atoms with Crippen molar-refractivity contribution in [1.29, 1.82) is 0 Å². The van der Waals surface area contributed by atoms with Gasteiger partial charge in [-0.25, -0.2) is 4.39 Å². The van der Waals surface area contributed by atoms with E-state index in [-0.39, 0.29) is 22.8 Å². The molecule has 0 aliphatic rings. The van der Waals surface area contributed by atoms with E-state index in [0.717, 1.165) is 6.29 Å². The molecule has 0 heterocycles. The van der Waals surface area contributed by atoms with E-state index in [1.54, 1.807) is 6.07 Å². The Bertz CT molecular complexity index is 364. The monoisotopic (exact) mass is 274 g/mol. The normalized spacial score (nSPS) is 10.5. The Morgan fingerprint density at radius 2 is 2.20 bits per heavy atom. The van der Waals surface area contributed by atoms with Gasteiger partial charge in [-0.15, -0.1) is 0 Å². The van der Waals surface area contributed by atoms with Crippen LogP contribution in [0.4, 0.5) is 4.39 Å². The molecule has 1 aromatic rings. The van der Waals surface area contributed by atoms with Crippen LogP contribution in [0.5, 0.6) is 5.75 Å². The van der Waals surface area contributed by atoms with Crippen LogP contribution in [-0.4, -0.2) is 12.4 Å². The number of ether oxygens (including phenoxy) is 1. The average molecular weight is 275 g/mol. The smallest absolute Gasteiger partial charge is 0.141 e. The second-order valence-corrected chi connectivity index (χ2v) is 4.18. The van der Waals surface area contributed by atoms with Gasteiger partial charge in [0.2, 0.25) is 0 Å². The summed E-state index contributed by atoms with van der Waals surface area (Å²) in [7, 11) is 0. The molecule has 0 amide bonds. The molecule has 0 aliphatic carbocycles. The van der Waals surface area contributed by atoms with Crippen molar-refractivity contribution in [3.05, 3.63) is 28.0 Å². The summed E-state index contributed by atoms with van der Waals surface area (Å²) in [5, 5.41) is 0. The van der Waals surface area contributed by atoms with E-state index < -0.39 is 0 Å². The quantitative estimate of drug-likeness (QED) is 0.789. The molecule has 0 unspecified atom stereocenters. The molecule has 0 spiro atoms. The standard InChI is InChI=1S/C11H12BrFO2/c1-7(2)15-11-8(5-6-14)3-4-9(13)10(11)12/h3-4,6-7H,5H2,1-2H3. The summed E-state index contributed by atoms with van der Waals surface area (Å²) in [6, 6.07) is 2.88. The third-order valence-corrected chi connectivity index (χ3v) is 2.53. The molecule has 4 heteroatoms. The number of carbonyl (C=O) groups is 1. The molecule has 0 radical (unpaired) electrons. The molecule has 0 N–H and O–H groups in total. The number of hydrogen-bond acceptors (Lipinski definition) is 2. The van der Waals surface area contributed by atoms with Crippen molar-refractivity contribution in [2.24, 2.45) is 0 Å². The minimum Gasteiger partial charge on any atom is -0.489 e. The minimum absolute atomic E-state index is 0.0616. The van der Waals surface area contributed by atoms with Crippen molar-refractivity contribution in [2.45, 2.75) is 26.4 Å². The van der Waals surface area contributed by atoms with Crippen molar-refractivity contribution in [3.8, 4) is 5.75 Å². The van der Waals surface area contributed by atoms with Gasteiger partial charge in [-0.05, 0) is 35.8 Å². The molecule has 0 saturated carbocycles. The van der Waals surface area contributed by atoms with Crippen molar-refractivity contribution in [1.82, 2.24) is 0 Å². The van der Waals surface area contributed by atoms with E-state index in [4.69, 9.17) is 4.74 Å². The third kappa shape index (κ3) is 3.02. The second kappa shape index (κ2) is 5.26. The number of rotatable bonds is 4. The highest BCUT2D eigenvalue weighted by molar-refractivity contribution is 9.10. The molecular formula is C11H12BrFO2. The molecule has 82 valence electrons. The number of aldehydes is 1. The lowest BCUT2D eigenvalue weighted by Gasteiger charge is -2.15. The summed E-state index contributed by atoms with van der Waals surface area (Å²) in [6.45, 7) is 3.70. The predicted molar refractivity (Wildman–Crippen MR) is 59.6 cm³/mol. The van der Waals surface area contributed by atoms with E-state index >= 15 is 0 Å². The van der Waals surface area contributed by atoms with Crippen molar-refractivity contribution in [3.63, 3.8) is 0 Å². The molecule has 1 aromatic carbocycles. The minimum atomic E-state index is -0.389. The van der Waals surface area contributed by atoms with Gasteiger partial charge in [0.25, 0.3) is 0 Å². The van der Waals surface area contributed by atoms with E-state index in [2.05, 4.69) is 15.9 Å². The lowest BCUT2D eigenvalue weighted by molar-refractivity contribution is -0.107. The summed E-state index contributed by atoms with van der Waals surface area (Å²) < 4.78 is 19.0. The summed E-state index contributed by atoms with van der Waals surface area (Å²) in [6.07, 6.45) is 0.932. The fraction of sp³-hybridized carbons (Fsp3) is 0.364. The summed E-state index contributed by atoms with van der Waals surface area (Å²) in [5.41, 5.74) is 0.687. The Hall–Kier alpha value is -0.900. The van der Waals surface area contributed by atoms with Gasteiger partial charge >= 0.3 is 0 Å². The van der Waals surface area contributed by atoms with Crippen LogP contribution in [0.1, 0.15) is 19.4 Å². The van der Waals surface area contributed by atoms with Crippen LogP contribution in [0, 0.1) is 5.82 Å². The first-order valence-electron chi connectivity index (χ1n) is 4.63. The van der Waals surface area contributed by atoms with Crippen molar-refractivity contribution in [2.75, 3.05) is 0 Å². The van der Waals surface area contributed by atoms with Gasteiger partial charge in [-0.1, -0.05) is 6.07 Å². The van der Waals surface area contributed by atoms with Crippen LogP contribution >= 0.6 is 15.9 Å². The fourth-order valence-corrected chi connectivity index (χ4v) is 1.67. The largest absolute Gasteiger partial charge is 0.489 e. The molecule has 2 nitrogen and oxygen atoms in total. The van der Waals surface area contributed by atoms with E-state index in [9.17, 15) is 9.18 Å². The van der Waals surface area contributed by atoms with Gasteiger partial charge < -0.3 is 9.53 Å². The summed E-state index contributed by atoms with van der Waals surface area (Å²) >= 11 is 3.11. The molecule has 0 aromatic heterocycles. The summed E-state index contributed by atoms with van der Waals surface area (Å²) in [5.74, 6) is 0.0254. The Labute approximate surface area is 96.6 Å². The van der Waals surface area contributed by atoms with E-state index in [1.165, 1.54) is 6.07 Å². The number of benzene rings is 1. The topological polar surface area (TPSA) is 26.3 Å². The van der Waals surface area contributed by atoms with Crippen LogP contribution in [0.25, 0.3) is 0 Å². The molecule has 0 bridgehead atoms. The van der Waals surface area contributed by atoms with Crippen molar-refractivity contribution >= 4 is 22.2 Å². The SMILES string of the molecule is CC(C)Oc1c(CC=O)ccc(F)c1Br. The zero-order valence-corrected chi connectivity index (χ0v) is 10.2. The highest BCUT2D eigenvalue weighted by Crippen LogP contribution is 2.32. The maximum absolute atomic E-state index is 13.2. The molecule has 0 aliphatic heterocycles. The zero-order valence-electron chi connectivity index (χ0n) is 8.59. The van der Waals surface area contributed by atoms with Crippen LogP contribution in [0.3, 0.4) is 0 Å². The molecule has 1 rings (SSSR count). The third-order valence-electron chi connectivity index (χ3n) is 1.79. The van der Waals surface area contributed by atoms with Crippen LogP contribution in [-0.2, 0) is 11.2 Å². The van der Waals surface area contributed by atoms with Crippen molar-refractivity contribution < 1.29 is 13.9 Å². The molecular weight excluding hydrogens is 263 g/mol. The maximum Gasteiger partial charge on any atom is 0.141 e.